The number of methoxy groups -OCH3 is 1. The molecule has 4 rings (SSSR count). The minimum Gasteiger partial charge on any atom is -0.497 e. The van der Waals surface area contributed by atoms with E-state index in [4.69, 9.17) is 14.7 Å². The van der Waals surface area contributed by atoms with Gasteiger partial charge in [-0.05, 0) is 56.5 Å². The highest BCUT2D eigenvalue weighted by Crippen LogP contribution is 2.27. The fraction of sp³-hybridized carbons (Fsp3) is 0.407. The maximum absolute atomic E-state index is 13.3. The molecule has 8 heteroatoms. The molecule has 0 amide bonds. The van der Waals surface area contributed by atoms with E-state index >= 15 is 0 Å². The van der Waals surface area contributed by atoms with Crippen LogP contribution in [0.1, 0.15) is 41.6 Å². The number of anilines is 1. The highest BCUT2D eigenvalue weighted by molar-refractivity contribution is 7.89. The van der Waals surface area contributed by atoms with E-state index in [0.29, 0.717) is 25.4 Å². The number of aryl methyl sites for hydroxylation is 3. The van der Waals surface area contributed by atoms with Crippen molar-refractivity contribution in [2.45, 2.75) is 44.9 Å². The van der Waals surface area contributed by atoms with Crippen LogP contribution in [0.2, 0.25) is 0 Å². The lowest BCUT2D eigenvalue weighted by atomic mass is 10.0. The highest BCUT2D eigenvalue weighted by atomic mass is 32.2. The van der Waals surface area contributed by atoms with Crippen molar-refractivity contribution in [3.63, 3.8) is 0 Å². The Kier molecular flexibility index (Phi) is 7.72. The summed E-state index contributed by atoms with van der Waals surface area (Å²) in [5.41, 5.74) is 4.64. The minimum absolute atomic E-state index is 0.290. The van der Waals surface area contributed by atoms with Gasteiger partial charge in [-0.1, -0.05) is 36.8 Å². The molecule has 2 aromatic carbocycles. The van der Waals surface area contributed by atoms with E-state index < -0.39 is 10.0 Å². The Hall–Kier alpha value is -2.97. The van der Waals surface area contributed by atoms with Crippen molar-refractivity contribution in [2.75, 3.05) is 38.2 Å². The van der Waals surface area contributed by atoms with Gasteiger partial charge in [0.05, 0.1) is 12.0 Å². The number of hydrogen-bond donors (Lipinski definition) is 0. The van der Waals surface area contributed by atoms with Crippen LogP contribution in [0.25, 0.3) is 0 Å². The first-order chi connectivity index (χ1) is 16.8. The molecule has 0 saturated carbocycles. The zero-order chi connectivity index (χ0) is 25.0. The number of rotatable bonds is 7. The molecule has 0 aliphatic carbocycles. The van der Waals surface area contributed by atoms with Crippen LogP contribution in [-0.2, 0) is 22.9 Å². The molecule has 0 spiro atoms. The van der Waals surface area contributed by atoms with Gasteiger partial charge in [0.25, 0.3) is 0 Å². The van der Waals surface area contributed by atoms with Crippen LogP contribution in [0.5, 0.6) is 5.75 Å². The van der Waals surface area contributed by atoms with Crippen LogP contribution >= 0.6 is 0 Å². The Bertz CT molecular complexity index is 1260. The number of hydrogen-bond acceptors (Lipinski definition) is 6. The largest absolute Gasteiger partial charge is 0.497 e. The van der Waals surface area contributed by atoms with Crippen molar-refractivity contribution in [1.29, 1.82) is 0 Å². The van der Waals surface area contributed by atoms with Crippen molar-refractivity contribution in [3.8, 4) is 5.75 Å². The van der Waals surface area contributed by atoms with Crippen LogP contribution in [0.15, 0.2) is 53.4 Å². The first-order valence-electron chi connectivity index (χ1n) is 12.1. The topological polar surface area (TPSA) is 75.6 Å². The van der Waals surface area contributed by atoms with Gasteiger partial charge in [-0.3, -0.25) is 0 Å². The summed E-state index contributed by atoms with van der Waals surface area (Å²) >= 11 is 0. The molecule has 1 aliphatic rings. The minimum atomic E-state index is -3.58. The molecule has 35 heavy (non-hydrogen) atoms. The van der Waals surface area contributed by atoms with E-state index in [0.717, 1.165) is 48.7 Å². The molecule has 2 heterocycles. The van der Waals surface area contributed by atoms with Crippen molar-refractivity contribution in [1.82, 2.24) is 14.3 Å². The van der Waals surface area contributed by atoms with Gasteiger partial charge in [-0.2, -0.15) is 4.31 Å². The van der Waals surface area contributed by atoms with Gasteiger partial charge >= 0.3 is 0 Å². The molecule has 1 saturated heterocycles. The molecule has 0 radical (unpaired) electrons. The van der Waals surface area contributed by atoms with Gasteiger partial charge in [0.15, 0.2) is 0 Å². The van der Waals surface area contributed by atoms with Crippen LogP contribution < -0.4 is 9.64 Å². The molecule has 0 bridgehead atoms. The lowest BCUT2D eigenvalue weighted by Gasteiger charge is -2.26. The summed E-state index contributed by atoms with van der Waals surface area (Å²) in [4.78, 5) is 12.1. The highest BCUT2D eigenvalue weighted by Gasteiger charge is 2.28. The van der Waals surface area contributed by atoms with Crippen molar-refractivity contribution in [3.05, 3.63) is 76.7 Å². The zero-order valence-corrected chi connectivity index (χ0v) is 21.8. The quantitative estimate of drug-likeness (QED) is 0.491. The molecule has 186 valence electrons. The fourth-order valence-corrected chi connectivity index (χ4v) is 6.00. The number of nitrogens with zero attached hydrogens (tertiary/aromatic N) is 4. The summed E-state index contributed by atoms with van der Waals surface area (Å²) in [5.74, 6) is 2.31. The van der Waals surface area contributed by atoms with E-state index in [1.165, 1.54) is 11.1 Å². The third-order valence-electron chi connectivity index (χ3n) is 6.47. The second-order valence-electron chi connectivity index (χ2n) is 8.96. The van der Waals surface area contributed by atoms with E-state index in [1.807, 2.05) is 6.92 Å². The van der Waals surface area contributed by atoms with E-state index in [2.05, 4.69) is 43.0 Å². The maximum Gasteiger partial charge on any atom is 0.243 e. The Morgan fingerprint density at radius 3 is 2.29 bits per heavy atom. The van der Waals surface area contributed by atoms with Crippen molar-refractivity contribution < 1.29 is 13.2 Å². The molecule has 1 fully saturated rings. The predicted molar refractivity (Wildman–Crippen MR) is 139 cm³/mol. The molecule has 1 aliphatic heterocycles. The molecule has 3 aromatic rings. The smallest absolute Gasteiger partial charge is 0.243 e. The second kappa shape index (κ2) is 10.7. The summed E-state index contributed by atoms with van der Waals surface area (Å²) in [7, 11) is -2.01. The Labute approximate surface area is 208 Å². The Balaban J connectivity index is 1.60. The SMILES string of the molecule is CCc1nc(C)nc(N2CCCN(S(=O)(=O)c3ccc(OC)cc3)CC2)c1Cc1ccc(C)cc1. The van der Waals surface area contributed by atoms with E-state index in [-0.39, 0.29) is 4.90 Å². The van der Waals surface area contributed by atoms with Crippen LogP contribution in [-0.4, -0.2) is 56.0 Å². The molecular weight excluding hydrogens is 460 g/mol. The molecule has 0 N–H and O–H groups in total. The van der Waals surface area contributed by atoms with Gasteiger partial charge in [-0.15, -0.1) is 0 Å². The average molecular weight is 495 g/mol. The molecule has 0 atom stereocenters. The van der Waals surface area contributed by atoms with E-state index in [1.54, 1.807) is 35.7 Å². The summed E-state index contributed by atoms with van der Waals surface area (Å²) in [6.45, 7) is 8.34. The second-order valence-corrected chi connectivity index (χ2v) is 10.9. The molecule has 0 unspecified atom stereocenters. The van der Waals surface area contributed by atoms with Crippen molar-refractivity contribution in [2.24, 2.45) is 0 Å². The number of benzene rings is 2. The summed E-state index contributed by atoms with van der Waals surface area (Å²) in [5, 5.41) is 0. The third-order valence-corrected chi connectivity index (χ3v) is 8.38. The lowest BCUT2D eigenvalue weighted by Crippen LogP contribution is -2.35. The lowest BCUT2D eigenvalue weighted by molar-refractivity contribution is 0.413. The first-order valence-corrected chi connectivity index (χ1v) is 13.6. The fourth-order valence-electron chi connectivity index (χ4n) is 4.53. The van der Waals surface area contributed by atoms with Crippen LogP contribution in [0.3, 0.4) is 0 Å². The standard InChI is InChI=1S/C27H34N4O3S/c1-5-26-25(19-22-9-7-20(2)8-10-22)27(29-21(3)28-26)30-15-6-16-31(18-17-30)35(32,33)24-13-11-23(34-4)12-14-24/h7-14H,5-6,15-19H2,1-4H3. The predicted octanol–water partition coefficient (Wildman–Crippen LogP) is 4.16. The average Bonchev–Trinajstić information content (AvgIpc) is 3.13. The van der Waals surface area contributed by atoms with Gasteiger partial charge in [0, 0.05) is 43.9 Å². The summed E-state index contributed by atoms with van der Waals surface area (Å²) in [6.07, 6.45) is 2.30. The van der Waals surface area contributed by atoms with Crippen molar-refractivity contribution >= 4 is 15.8 Å². The number of aromatic nitrogens is 2. The van der Waals surface area contributed by atoms with Crippen LogP contribution in [0.4, 0.5) is 5.82 Å². The third kappa shape index (κ3) is 5.65. The number of sulfonamides is 1. The summed E-state index contributed by atoms with van der Waals surface area (Å²) in [6, 6.07) is 15.2. The Morgan fingerprint density at radius 1 is 0.914 bits per heavy atom. The van der Waals surface area contributed by atoms with E-state index in [9.17, 15) is 8.42 Å². The maximum atomic E-state index is 13.3. The normalized spacial score (nSPS) is 15.1. The molecular formula is C27H34N4O3S. The number of ether oxygens (including phenoxy) is 1. The zero-order valence-electron chi connectivity index (χ0n) is 21.0. The summed E-state index contributed by atoms with van der Waals surface area (Å²) < 4.78 is 33.4. The van der Waals surface area contributed by atoms with Gasteiger partial charge in [0.2, 0.25) is 10.0 Å². The first kappa shape index (κ1) is 25.1. The van der Waals surface area contributed by atoms with Gasteiger partial charge in [0.1, 0.15) is 17.4 Å². The molecule has 1 aromatic heterocycles. The van der Waals surface area contributed by atoms with Crippen LogP contribution in [0, 0.1) is 13.8 Å². The monoisotopic (exact) mass is 494 g/mol. The Morgan fingerprint density at radius 2 is 1.63 bits per heavy atom. The molecule has 7 nitrogen and oxygen atoms in total. The van der Waals surface area contributed by atoms with Gasteiger partial charge in [-0.25, -0.2) is 18.4 Å². The van der Waals surface area contributed by atoms with Gasteiger partial charge < -0.3 is 9.64 Å².